The number of amides is 2. The van der Waals surface area contributed by atoms with Crippen LogP contribution in [0.25, 0.3) is 10.6 Å². The molecule has 2 amide bonds. The number of morpholine rings is 1. The molecular formula is C24H27F3N6O2S. The highest BCUT2D eigenvalue weighted by Crippen LogP contribution is 2.35. The molecule has 1 aliphatic heterocycles. The van der Waals surface area contributed by atoms with Gasteiger partial charge in [0.05, 0.1) is 35.0 Å². The molecule has 0 radical (unpaired) electrons. The minimum atomic E-state index is -4.55. The molecule has 1 saturated heterocycles. The first kappa shape index (κ1) is 26.0. The Kier molecular flexibility index (Phi) is 7.86. The molecular weight excluding hydrogens is 493 g/mol. The van der Waals surface area contributed by atoms with Gasteiger partial charge in [0.2, 0.25) is 0 Å². The van der Waals surface area contributed by atoms with Crippen LogP contribution in [-0.2, 0) is 17.5 Å². The minimum Gasteiger partial charge on any atom is -0.379 e. The number of anilines is 2. The number of hydrogen-bond donors (Lipinski definition) is 2. The van der Waals surface area contributed by atoms with E-state index in [0.29, 0.717) is 48.6 Å². The van der Waals surface area contributed by atoms with Gasteiger partial charge in [-0.05, 0) is 30.7 Å². The van der Waals surface area contributed by atoms with E-state index in [1.165, 1.54) is 23.5 Å². The summed E-state index contributed by atoms with van der Waals surface area (Å²) in [6.07, 6.45) is -2.87. The lowest BCUT2D eigenvalue weighted by molar-refractivity contribution is -0.138. The first-order valence-corrected chi connectivity index (χ1v) is 12.3. The number of urea groups is 1. The van der Waals surface area contributed by atoms with E-state index in [9.17, 15) is 18.0 Å². The van der Waals surface area contributed by atoms with Crippen LogP contribution >= 0.6 is 11.3 Å². The number of carbonyl (C=O) groups is 1. The Labute approximate surface area is 210 Å². The third-order valence-corrected chi connectivity index (χ3v) is 6.71. The van der Waals surface area contributed by atoms with Crippen LogP contribution in [0.3, 0.4) is 0 Å². The van der Waals surface area contributed by atoms with Crippen LogP contribution in [0.5, 0.6) is 0 Å². The van der Waals surface area contributed by atoms with Crippen molar-refractivity contribution in [2.24, 2.45) is 0 Å². The maximum absolute atomic E-state index is 13.8. The van der Waals surface area contributed by atoms with Crippen LogP contribution in [-0.4, -0.2) is 52.2 Å². The average molecular weight is 521 g/mol. The molecule has 0 unspecified atom stereocenters. The molecule has 12 heteroatoms. The van der Waals surface area contributed by atoms with Gasteiger partial charge >= 0.3 is 12.2 Å². The topological polar surface area (TPSA) is 92.3 Å². The smallest absolute Gasteiger partial charge is 0.379 e. The predicted molar refractivity (Wildman–Crippen MR) is 132 cm³/mol. The van der Waals surface area contributed by atoms with Gasteiger partial charge in [-0.1, -0.05) is 31.3 Å². The van der Waals surface area contributed by atoms with Crippen molar-refractivity contribution in [1.29, 1.82) is 0 Å². The van der Waals surface area contributed by atoms with Crippen LogP contribution in [0.2, 0.25) is 0 Å². The monoisotopic (exact) mass is 520 g/mol. The Morgan fingerprint density at radius 2 is 1.92 bits per heavy atom. The van der Waals surface area contributed by atoms with Gasteiger partial charge in [0, 0.05) is 37.4 Å². The van der Waals surface area contributed by atoms with E-state index in [1.54, 1.807) is 19.2 Å². The van der Waals surface area contributed by atoms with E-state index in [0.717, 1.165) is 10.9 Å². The van der Waals surface area contributed by atoms with Crippen LogP contribution in [0.1, 0.15) is 42.4 Å². The lowest BCUT2D eigenvalue weighted by Crippen LogP contribution is -2.36. The number of ether oxygens (including phenoxy) is 1. The van der Waals surface area contributed by atoms with Gasteiger partial charge in [0.15, 0.2) is 5.13 Å². The standard InChI is InChI=1S/C24H27F3N6O2S/c1-14(2)21-28-7-6-19(31-21)20-15(3)29-23(36-20)32-22(34)30-17-5-4-16(18(12-17)24(25,26)27)13-33-8-10-35-11-9-33/h4-7,12,14H,8-11,13H2,1-3H3,(H2,29,30,32,34). The maximum atomic E-state index is 13.8. The van der Waals surface area contributed by atoms with Crippen molar-refractivity contribution in [1.82, 2.24) is 19.9 Å². The number of nitrogens with zero attached hydrogens (tertiary/aromatic N) is 4. The molecule has 36 heavy (non-hydrogen) atoms. The fraction of sp³-hybridized carbons (Fsp3) is 0.417. The van der Waals surface area contributed by atoms with Crippen LogP contribution in [0, 0.1) is 6.92 Å². The molecule has 3 heterocycles. The quantitative estimate of drug-likeness (QED) is 0.444. The maximum Gasteiger partial charge on any atom is 0.416 e. The van der Waals surface area contributed by atoms with E-state index in [4.69, 9.17) is 4.74 Å². The number of rotatable bonds is 6. The number of benzene rings is 1. The van der Waals surface area contributed by atoms with Gasteiger partial charge in [0.25, 0.3) is 0 Å². The molecule has 2 N–H and O–H groups in total. The van der Waals surface area contributed by atoms with Gasteiger partial charge in [0.1, 0.15) is 5.82 Å². The number of aryl methyl sites for hydroxylation is 1. The third kappa shape index (κ3) is 6.37. The van der Waals surface area contributed by atoms with Crippen molar-refractivity contribution >= 4 is 28.2 Å². The van der Waals surface area contributed by atoms with Crippen molar-refractivity contribution in [2.45, 2.75) is 39.4 Å². The summed E-state index contributed by atoms with van der Waals surface area (Å²) in [7, 11) is 0. The van der Waals surface area contributed by atoms with Gasteiger partial charge in [-0.15, -0.1) is 0 Å². The summed E-state index contributed by atoms with van der Waals surface area (Å²) in [6, 6.07) is 4.92. The molecule has 8 nitrogen and oxygen atoms in total. The van der Waals surface area contributed by atoms with Crippen molar-refractivity contribution < 1.29 is 22.7 Å². The second-order valence-electron chi connectivity index (χ2n) is 8.73. The molecule has 0 spiro atoms. The van der Waals surface area contributed by atoms with E-state index in [2.05, 4.69) is 25.6 Å². The number of hydrogen-bond acceptors (Lipinski definition) is 7. The van der Waals surface area contributed by atoms with Crippen LogP contribution in [0.4, 0.5) is 28.8 Å². The highest BCUT2D eigenvalue weighted by atomic mass is 32.1. The van der Waals surface area contributed by atoms with Gasteiger partial charge in [-0.25, -0.2) is 19.7 Å². The van der Waals surface area contributed by atoms with Gasteiger partial charge < -0.3 is 10.1 Å². The lowest BCUT2D eigenvalue weighted by Gasteiger charge is -2.27. The summed E-state index contributed by atoms with van der Waals surface area (Å²) < 4.78 is 46.6. The van der Waals surface area contributed by atoms with Crippen molar-refractivity contribution in [3.05, 3.63) is 53.1 Å². The number of carbonyl (C=O) groups excluding carboxylic acids is 1. The molecule has 192 valence electrons. The number of halogens is 3. The summed E-state index contributed by atoms with van der Waals surface area (Å²) in [5, 5.41) is 5.40. The summed E-state index contributed by atoms with van der Waals surface area (Å²) in [5.74, 6) is 0.855. The third-order valence-electron chi connectivity index (χ3n) is 5.61. The summed E-state index contributed by atoms with van der Waals surface area (Å²) in [4.78, 5) is 28.4. The zero-order chi connectivity index (χ0) is 25.9. The molecule has 1 aliphatic rings. The predicted octanol–water partition coefficient (Wildman–Crippen LogP) is 5.53. The van der Waals surface area contributed by atoms with E-state index in [-0.39, 0.29) is 23.7 Å². The number of alkyl halides is 3. The fourth-order valence-corrected chi connectivity index (χ4v) is 4.71. The number of nitrogens with one attached hydrogen (secondary N) is 2. The highest BCUT2D eigenvalue weighted by Gasteiger charge is 2.34. The Balaban J connectivity index is 1.47. The highest BCUT2D eigenvalue weighted by molar-refractivity contribution is 7.19. The molecule has 3 aromatic rings. The summed E-state index contributed by atoms with van der Waals surface area (Å²) >= 11 is 1.23. The zero-order valence-corrected chi connectivity index (χ0v) is 21.0. The van der Waals surface area contributed by atoms with Gasteiger partial charge in [-0.3, -0.25) is 10.2 Å². The van der Waals surface area contributed by atoms with Crippen LogP contribution in [0.15, 0.2) is 30.5 Å². The molecule has 1 fully saturated rings. The SMILES string of the molecule is Cc1nc(NC(=O)Nc2ccc(CN3CCOCC3)c(C(F)(F)F)c2)sc1-c1ccnc(C(C)C)n1. The van der Waals surface area contributed by atoms with Crippen molar-refractivity contribution in [3.63, 3.8) is 0 Å². The lowest BCUT2D eigenvalue weighted by atomic mass is 10.0. The Morgan fingerprint density at radius 1 is 1.17 bits per heavy atom. The Hall–Kier alpha value is -3.09. The Bertz CT molecular complexity index is 1220. The molecule has 2 aromatic heterocycles. The van der Waals surface area contributed by atoms with E-state index < -0.39 is 17.8 Å². The van der Waals surface area contributed by atoms with E-state index >= 15 is 0 Å². The largest absolute Gasteiger partial charge is 0.416 e. The van der Waals surface area contributed by atoms with Crippen LogP contribution < -0.4 is 10.6 Å². The number of thiazole rings is 1. The second-order valence-corrected chi connectivity index (χ2v) is 9.72. The molecule has 0 bridgehead atoms. The van der Waals surface area contributed by atoms with E-state index in [1.807, 2.05) is 18.7 Å². The molecule has 1 aromatic carbocycles. The zero-order valence-electron chi connectivity index (χ0n) is 20.1. The van der Waals surface area contributed by atoms with Crippen molar-refractivity contribution in [3.8, 4) is 10.6 Å². The summed E-state index contributed by atoms with van der Waals surface area (Å²) in [5.41, 5.74) is 0.792. The van der Waals surface area contributed by atoms with Gasteiger partial charge in [-0.2, -0.15) is 13.2 Å². The Morgan fingerprint density at radius 3 is 2.61 bits per heavy atom. The first-order valence-electron chi connectivity index (χ1n) is 11.5. The molecule has 4 rings (SSSR count). The second kappa shape index (κ2) is 10.9. The average Bonchev–Trinajstić information content (AvgIpc) is 3.19. The van der Waals surface area contributed by atoms with Crippen molar-refractivity contribution in [2.75, 3.05) is 36.9 Å². The summed E-state index contributed by atoms with van der Waals surface area (Å²) in [6.45, 7) is 8.09. The normalized spacial score (nSPS) is 14.8. The fourth-order valence-electron chi connectivity index (χ4n) is 3.78. The minimum absolute atomic E-state index is 0.0384. The first-order chi connectivity index (χ1) is 17.1. The molecule has 0 aliphatic carbocycles. The molecule has 0 saturated carbocycles. The molecule has 0 atom stereocenters. The number of aromatic nitrogens is 3.